The molecule has 34 heavy (non-hydrogen) atoms. The summed E-state index contributed by atoms with van der Waals surface area (Å²) < 4.78 is 4.54. The van der Waals surface area contributed by atoms with Crippen molar-refractivity contribution in [3.05, 3.63) is 71.2 Å². The molecule has 4 aromatic rings. The summed E-state index contributed by atoms with van der Waals surface area (Å²) in [4.78, 5) is 23.0. The van der Waals surface area contributed by atoms with Crippen molar-refractivity contribution in [2.75, 3.05) is 25.2 Å². The molecule has 0 fully saturated rings. The number of methoxy groups -OCH3 is 1. The second kappa shape index (κ2) is 13.1. The summed E-state index contributed by atoms with van der Waals surface area (Å²) in [6.07, 6.45) is 4.44. The molecule has 0 unspecified atom stereocenters. The summed E-state index contributed by atoms with van der Waals surface area (Å²) in [6.45, 7) is 8.68. The van der Waals surface area contributed by atoms with Gasteiger partial charge in [-0.05, 0) is 43.0 Å². The number of hydrogen-bond acceptors (Lipinski definition) is 5. The van der Waals surface area contributed by atoms with Gasteiger partial charge in [0.05, 0.1) is 5.69 Å². The van der Waals surface area contributed by atoms with Gasteiger partial charge in [0, 0.05) is 60.8 Å². The van der Waals surface area contributed by atoms with Crippen LogP contribution in [0.15, 0.2) is 60.8 Å². The minimum absolute atomic E-state index is 0.497. The predicted molar refractivity (Wildman–Crippen MR) is 144 cm³/mol. The van der Waals surface area contributed by atoms with Crippen LogP contribution in [-0.4, -0.2) is 36.5 Å². The first-order chi connectivity index (χ1) is 16.5. The largest absolute Gasteiger partial charge is 0.385 e. The Morgan fingerprint density at radius 2 is 1.91 bits per heavy atom. The van der Waals surface area contributed by atoms with Gasteiger partial charge in [-0.25, -0.2) is 4.98 Å². The standard InChI is InChI=1S/C25H27N3OS.C3H8O/c1-18(2)15-23-24(21-9-10-22-20(16-21)11-12-26-22)27-25(30-23)28(13-6-14-29)17-19-7-4-3-5-8-19;1-3-4-2/h3-5,7-12,14,16,18,26H,6,13,15,17H2,1-2H3;3H2,1-2H3. The van der Waals surface area contributed by atoms with E-state index >= 15 is 0 Å². The number of H-pyrrole nitrogens is 1. The van der Waals surface area contributed by atoms with Crippen molar-refractivity contribution in [1.82, 2.24) is 9.97 Å². The minimum Gasteiger partial charge on any atom is -0.385 e. The molecule has 0 bridgehead atoms. The molecule has 0 atom stereocenters. The van der Waals surface area contributed by atoms with E-state index in [0.717, 1.165) is 47.8 Å². The predicted octanol–water partition coefficient (Wildman–Crippen LogP) is 6.74. The third kappa shape index (κ3) is 7.02. The average molecular weight is 478 g/mol. The van der Waals surface area contributed by atoms with Crippen LogP contribution < -0.4 is 4.90 Å². The Labute approximate surface area is 206 Å². The highest BCUT2D eigenvalue weighted by Gasteiger charge is 2.19. The van der Waals surface area contributed by atoms with Crippen molar-refractivity contribution in [3.8, 4) is 11.3 Å². The SMILES string of the molecule is CC(C)Cc1sc(N(CCC=O)Cc2ccccc2)nc1-c1ccc2[nH]ccc2c1.CCOC. The van der Waals surface area contributed by atoms with Crippen LogP contribution in [0.5, 0.6) is 0 Å². The molecule has 0 saturated heterocycles. The van der Waals surface area contributed by atoms with E-state index in [4.69, 9.17) is 4.98 Å². The third-order valence-corrected chi connectivity index (χ3v) is 6.54. The van der Waals surface area contributed by atoms with E-state index in [9.17, 15) is 4.79 Å². The van der Waals surface area contributed by atoms with Gasteiger partial charge < -0.3 is 19.4 Å². The van der Waals surface area contributed by atoms with Gasteiger partial charge in [0.1, 0.15) is 6.29 Å². The minimum atomic E-state index is 0.497. The number of nitrogens with one attached hydrogen (secondary N) is 1. The molecule has 1 N–H and O–H groups in total. The lowest BCUT2D eigenvalue weighted by molar-refractivity contribution is -0.107. The molecule has 2 aromatic heterocycles. The van der Waals surface area contributed by atoms with Crippen LogP contribution in [0.2, 0.25) is 0 Å². The number of thiazole rings is 1. The number of fused-ring (bicyclic) bond motifs is 1. The van der Waals surface area contributed by atoms with Crippen LogP contribution in [0.1, 0.15) is 37.6 Å². The number of nitrogens with zero attached hydrogens (tertiary/aromatic N) is 2. The molecule has 0 amide bonds. The first kappa shape index (κ1) is 25.7. The van der Waals surface area contributed by atoms with E-state index in [2.05, 4.69) is 77.0 Å². The topological polar surface area (TPSA) is 58.2 Å². The quantitative estimate of drug-likeness (QED) is 0.257. The molecular weight excluding hydrogens is 442 g/mol. The number of benzene rings is 2. The Kier molecular flexibility index (Phi) is 9.86. The summed E-state index contributed by atoms with van der Waals surface area (Å²) in [5, 5.41) is 2.18. The lowest BCUT2D eigenvalue weighted by atomic mass is 10.0. The first-order valence-electron chi connectivity index (χ1n) is 11.8. The van der Waals surface area contributed by atoms with Crippen LogP contribution >= 0.6 is 11.3 Å². The molecule has 0 radical (unpaired) electrons. The Morgan fingerprint density at radius 3 is 2.59 bits per heavy atom. The summed E-state index contributed by atoms with van der Waals surface area (Å²) >= 11 is 1.76. The van der Waals surface area contributed by atoms with Gasteiger partial charge >= 0.3 is 0 Å². The molecule has 0 saturated carbocycles. The molecule has 6 heteroatoms. The van der Waals surface area contributed by atoms with Crippen LogP contribution in [0.3, 0.4) is 0 Å². The molecule has 2 aromatic carbocycles. The summed E-state index contributed by atoms with van der Waals surface area (Å²) in [6, 6.07) is 19.0. The zero-order valence-electron chi connectivity index (χ0n) is 20.6. The third-order valence-electron chi connectivity index (χ3n) is 5.40. The van der Waals surface area contributed by atoms with E-state index in [1.165, 1.54) is 15.8 Å². The van der Waals surface area contributed by atoms with Gasteiger partial charge in [0.15, 0.2) is 5.13 Å². The van der Waals surface area contributed by atoms with Gasteiger partial charge in [-0.15, -0.1) is 11.3 Å². The fourth-order valence-corrected chi connectivity index (χ4v) is 4.98. The Balaban J connectivity index is 0.000000751. The van der Waals surface area contributed by atoms with Gasteiger partial charge in [-0.2, -0.15) is 0 Å². The Hall–Kier alpha value is -2.96. The van der Waals surface area contributed by atoms with E-state index in [0.29, 0.717) is 18.9 Å². The molecule has 0 aliphatic heterocycles. The fourth-order valence-electron chi connectivity index (χ4n) is 3.66. The maximum Gasteiger partial charge on any atom is 0.186 e. The number of hydrogen-bond donors (Lipinski definition) is 1. The number of aldehydes is 1. The summed E-state index contributed by atoms with van der Waals surface area (Å²) in [7, 11) is 1.68. The van der Waals surface area contributed by atoms with Crippen molar-refractivity contribution in [2.24, 2.45) is 5.92 Å². The summed E-state index contributed by atoms with van der Waals surface area (Å²) in [5.74, 6) is 0.547. The average Bonchev–Trinajstić information content (AvgIpc) is 3.48. The number of carbonyl (C=O) groups excluding carboxylic acids is 1. The number of ether oxygens (including phenoxy) is 1. The van der Waals surface area contributed by atoms with Crippen molar-refractivity contribution in [3.63, 3.8) is 0 Å². The monoisotopic (exact) mass is 477 g/mol. The van der Waals surface area contributed by atoms with E-state index in [1.807, 2.05) is 19.2 Å². The zero-order chi connectivity index (χ0) is 24.3. The molecular formula is C28H35N3O2S. The van der Waals surface area contributed by atoms with Crippen molar-refractivity contribution < 1.29 is 9.53 Å². The number of carbonyl (C=O) groups is 1. The lowest BCUT2D eigenvalue weighted by Crippen LogP contribution is -2.24. The van der Waals surface area contributed by atoms with E-state index in [-0.39, 0.29) is 0 Å². The van der Waals surface area contributed by atoms with Gasteiger partial charge in [0.25, 0.3) is 0 Å². The van der Waals surface area contributed by atoms with Crippen molar-refractivity contribution >= 4 is 33.7 Å². The lowest BCUT2D eigenvalue weighted by Gasteiger charge is -2.21. The number of aromatic amines is 1. The van der Waals surface area contributed by atoms with E-state index < -0.39 is 0 Å². The van der Waals surface area contributed by atoms with Gasteiger partial charge in [-0.3, -0.25) is 0 Å². The highest BCUT2D eigenvalue weighted by molar-refractivity contribution is 7.16. The van der Waals surface area contributed by atoms with Gasteiger partial charge in [-0.1, -0.05) is 50.2 Å². The molecule has 4 rings (SSSR count). The van der Waals surface area contributed by atoms with E-state index in [1.54, 1.807) is 18.4 Å². The van der Waals surface area contributed by atoms with Crippen molar-refractivity contribution in [1.29, 1.82) is 0 Å². The zero-order valence-corrected chi connectivity index (χ0v) is 21.4. The van der Waals surface area contributed by atoms with Crippen molar-refractivity contribution in [2.45, 2.75) is 40.2 Å². The number of aromatic nitrogens is 2. The normalized spacial score (nSPS) is 10.9. The van der Waals surface area contributed by atoms with Gasteiger partial charge in [0.2, 0.25) is 0 Å². The highest BCUT2D eigenvalue weighted by Crippen LogP contribution is 2.36. The number of rotatable bonds is 10. The summed E-state index contributed by atoms with van der Waals surface area (Å²) in [5.41, 5.74) is 4.57. The Bertz CT molecular complexity index is 1150. The maximum atomic E-state index is 11.1. The molecule has 0 aliphatic rings. The fraction of sp³-hybridized carbons (Fsp3) is 0.357. The highest BCUT2D eigenvalue weighted by atomic mass is 32.1. The molecule has 0 aliphatic carbocycles. The first-order valence-corrected chi connectivity index (χ1v) is 12.7. The molecule has 0 spiro atoms. The van der Waals surface area contributed by atoms with Crippen LogP contribution in [0, 0.1) is 5.92 Å². The second-order valence-electron chi connectivity index (χ2n) is 8.59. The Morgan fingerprint density at radius 1 is 1.15 bits per heavy atom. The molecule has 5 nitrogen and oxygen atoms in total. The second-order valence-corrected chi connectivity index (χ2v) is 9.65. The smallest absolute Gasteiger partial charge is 0.186 e. The number of anilines is 1. The van der Waals surface area contributed by atoms with Crippen LogP contribution in [0.4, 0.5) is 5.13 Å². The molecule has 180 valence electrons. The molecule has 2 heterocycles. The van der Waals surface area contributed by atoms with Crippen LogP contribution in [0.25, 0.3) is 22.2 Å². The van der Waals surface area contributed by atoms with Crippen LogP contribution in [-0.2, 0) is 22.5 Å². The maximum absolute atomic E-state index is 11.1.